The minimum Gasteiger partial charge on any atom is -0.370 e. The van der Waals surface area contributed by atoms with Gasteiger partial charge in [-0.15, -0.1) is 0 Å². The molecule has 0 radical (unpaired) electrons. The highest BCUT2D eigenvalue weighted by Crippen LogP contribution is 2.09. The molecule has 0 saturated carbocycles. The SMILES string of the molecule is CCCCCNc1nc(C)cc(NCCC)n1. The summed E-state index contributed by atoms with van der Waals surface area (Å²) in [6, 6.07) is 1.98. The molecular formula is C13H24N4. The van der Waals surface area contributed by atoms with Crippen molar-refractivity contribution in [3.05, 3.63) is 11.8 Å². The molecule has 4 heteroatoms. The fourth-order valence-electron chi connectivity index (χ4n) is 1.57. The van der Waals surface area contributed by atoms with Gasteiger partial charge in [0.05, 0.1) is 0 Å². The topological polar surface area (TPSA) is 49.8 Å². The highest BCUT2D eigenvalue weighted by atomic mass is 15.1. The van der Waals surface area contributed by atoms with E-state index in [2.05, 4.69) is 34.4 Å². The smallest absolute Gasteiger partial charge is 0.224 e. The summed E-state index contributed by atoms with van der Waals surface area (Å²) in [5.41, 5.74) is 0.997. The Morgan fingerprint density at radius 3 is 2.53 bits per heavy atom. The van der Waals surface area contributed by atoms with Crippen LogP contribution in [-0.2, 0) is 0 Å². The van der Waals surface area contributed by atoms with E-state index in [4.69, 9.17) is 0 Å². The minimum atomic E-state index is 0.736. The average Bonchev–Trinajstić information content (AvgIpc) is 2.31. The van der Waals surface area contributed by atoms with Crippen molar-refractivity contribution in [1.82, 2.24) is 9.97 Å². The van der Waals surface area contributed by atoms with E-state index in [1.54, 1.807) is 0 Å². The second kappa shape index (κ2) is 7.87. The van der Waals surface area contributed by atoms with Crippen molar-refractivity contribution < 1.29 is 0 Å². The first-order valence-corrected chi connectivity index (χ1v) is 6.59. The molecule has 0 amide bonds. The van der Waals surface area contributed by atoms with E-state index < -0.39 is 0 Å². The van der Waals surface area contributed by atoms with E-state index in [-0.39, 0.29) is 0 Å². The van der Waals surface area contributed by atoms with Gasteiger partial charge in [-0.1, -0.05) is 26.7 Å². The molecule has 0 saturated heterocycles. The summed E-state index contributed by atoms with van der Waals surface area (Å²) in [5.74, 6) is 1.65. The maximum absolute atomic E-state index is 4.44. The molecule has 0 bridgehead atoms. The van der Waals surface area contributed by atoms with Crippen molar-refractivity contribution in [2.45, 2.75) is 46.5 Å². The summed E-state index contributed by atoms with van der Waals surface area (Å²) in [6.45, 7) is 8.24. The van der Waals surface area contributed by atoms with Gasteiger partial charge in [0.25, 0.3) is 0 Å². The van der Waals surface area contributed by atoms with Crippen molar-refractivity contribution in [2.24, 2.45) is 0 Å². The lowest BCUT2D eigenvalue weighted by Crippen LogP contribution is -2.09. The lowest BCUT2D eigenvalue weighted by Gasteiger charge is -2.09. The molecule has 0 unspecified atom stereocenters. The number of nitrogens with zero attached hydrogens (tertiary/aromatic N) is 2. The molecule has 2 N–H and O–H groups in total. The Morgan fingerprint density at radius 2 is 1.82 bits per heavy atom. The van der Waals surface area contributed by atoms with Gasteiger partial charge in [-0.3, -0.25) is 0 Å². The van der Waals surface area contributed by atoms with Crippen LogP contribution in [0.1, 0.15) is 45.2 Å². The molecule has 1 aromatic rings. The second-order valence-corrected chi connectivity index (χ2v) is 4.28. The molecule has 17 heavy (non-hydrogen) atoms. The molecule has 96 valence electrons. The summed E-state index contributed by atoms with van der Waals surface area (Å²) in [5, 5.41) is 6.56. The molecular weight excluding hydrogens is 212 g/mol. The van der Waals surface area contributed by atoms with Gasteiger partial charge in [-0.25, -0.2) is 4.98 Å². The highest BCUT2D eigenvalue weighted by Gasteiger charge is 2.00. The number of anilines is 2. The number of hydrogen-bond acceptors (Lipinski definition) is 4. The zero-order chi connectivity index (χ0) is 12.5. The van der Waals surface area contributed by atoms with Crippen molar-refractivity contribution in [3.8, 4) is 0 Å². The highest BCUT2D eigenvalue weighted by molar-refractivity contribution is 5.41. The fourth-order valence-corrected chi connectivity index (χ4v) is 1.57. The van der Waals surface area contributed by atoms with Crippen molar-refractivity contribution in [1.29, 1.82) is 0 Å². The number of rotatable bonds is 8. The monoisotopic (exact) mass is 236 g/mol. The molecule has 0 aliphatic rings. The van der Waals surface area contributed by atoms with Crippen molar-refractivity contribution >= 4 is 11.8 Å². The maximum atomic E-state index is 4.44. The molecule has 0 fully saturated rings. The molecule has 1 heterocycles. The van der Waals surface area contributed by atoms with E-state index in [1.165, 1.54) is 19.3 Å². The van der Waals surface area contributed by atoms with E-state index in [9.17, 15) is 0 Å². The van der Waals surface area contributed by atoms with Gasteiger partial charge in [0.2, 0.25) is 5.95 Å². The van der Waals surface area contributed by atoms with Crippen LogP contribution >= 0.6 is 0 Å². The predicted molar refractivity (Wildman–Crippen MR) is 73.6 cm³/mol. The maximum Gasteiger partial charge on any atom is 0.224 e. The van der Waals surface area contributed by atoms with Gasteiger partial charge in [0.1, 0.15) is 5.82 Å². The van der Waals surface area contributed by atoms with E-state index in [1.807, 2.05) is 13.0 Å². The Labute approximate surface area is 104 Å². The number of unbranched alkanes of at least 4 members (excludes halogenated alkanes) is 2. The first-order chi connectivity index (χ1) is 8.26. The van der Waals surface area contributed by atoms with Gasteiger partial charge < -0.3 is 10.6 Å². The Balaban J connectivity index is 2.50. The lowest BCUT2D eigenvalue weighted by molar-refractivity contribution is 0.740. The third kappa shape index (κ3) is 5.52. The van der Waals surface area contributed by atoms with Crippen LogP contribution < -0.4 is 10.6 Å². The average molecular weight is 236 g/mol. The fraction of sp³-hybridized carbons (Fsp3) is 0.692. The summed E-state index contributed by atoms with van der Waals surface area (Å²) in [4.78, 5) is 8.81. The van der Waals surface area contributed by atoms with E-state index >= 15 is 0 Å². The molecule has 1 aromatic heterocycles. The van der Waals surface area contributed by atoms with E-state index in [0.29, 0.717) is 0 Å². The first kappa shape index (κ1) is 13.7. The Morgan fingerprint density at radius 1 is 1.00 bits per heavy atom. The van der Waals surface area contributed by atoms with Crippen LogP contribution in [0.25, 0.3) is 0 Å². The minimum absolute atomic E-state index is 0.736. The molecule has 0 spiro atoms. The molecule has 0 aromatic carbocycles. The molecule has 4 nitrogen and oxygen atoms in total. The lowest BCUT2D eigenvalue weighted by atomic mass is 10.2. The van der Waals surface area contributed by atoms with Crippen LogP contribution in [0.2, 0.25) is 0 Å². The van der Waals surface area contributed by atoms with Crippen LogP contribution in [0.3, 0.4) is 0 Å². The number of hydrogen-bond donors (Lipinski definition) is 2. The third-order valence-corrected chi connectivity index (χ3v) is 2.47. The normalized spacial score (nSPS) is 10.3. The van der Waals surface area contributed by atoms with Gasteiger partial charge in [0, 0.05) is 24.8 Å². The Bertz CT molecular complexity index is 325. The summed E-state index contributed by atoms with van der Waals surface area (Å²) in [6.07, 6.45) is 4.76. The predicted octanol–water partition coefficient (Wildman–Crippen LogP) is 3.21. The molecule has 1 rings (SSSR count). The first-order valence-electron chi connectivity index (χ1n) is 6.59. The van der Waals surface area contributed by atoms with Crippen LogP contribution in [-0.4, -0.2) is 23.1 Å². The standard InChI is InChI=1S/C13H24N4/c1-4-6-7-9-15-13-16-11(3)10-12(17-13)14-8-5-2/h10H,4-9H2,1-3H3,(H2,14,15,16,17). The van der Waals surface area contributed by atoms with Gasteiger partial charge >= 0.3 is 0 Å². The van der Waals surface area contributed by atoms with Gasteiger partial charge in [-0.05, 0) is 19.8 Å². The number of aryl methyl sites for hydroxylation is 1. The van der Waals surface area contributed by atoms with Gasteiger partial charge in [-0.2, -0.15) is 4.98 Å². The molecule has 0 atom stereocenters. The van der Waals surface area contributed by atoms with Gasteiger partial charge in [0.15, 0.2) is 0 Å². The van der Waals surface area contributed by atoms with E-state index in [0.717, 1.165) is 37.0 Å². The van der Waals surface area contributed by atoms with Crippen LogP contribution in [0.15, 0.2) is 6.07 Å². The second-order valence-electron chi connectivity index (χ2n) is 4.28. The quantitative estimate of drug-likeness (QED) is 0.680. The third-order valence-electron chi connectivity index (χ3n) is 2.47. The van der Waals surface area contributed by atoms with Crippen LogP contribution in [0, 0.1) is 6.92 Å². The van der Waals surface area contributed by atoms with Crippen LogP contribution in [0.4, 0.5) is 11.8 Å². The van der Waals surface area contributed by atoms with Crippen LogP contribution in [0.5, 0.6) is 0 Å². The zero-order valence-corrected chi connectivity index (χ0v) is 11.2. The summed E-state index contributed by atoms with van der Waals surface area (Å²) >= 11 is 0. The zero-order valence-electron chi connectivity index (χ0n) is 11.2. The van der Waals surface area contributed by atoms with Crippen molar-refractivity contribution in [2.75, 3.05) is 23.7 Å². The van der Waals surface area contributed by atoms with Crippen molar-refractivity contribution in [3.63, 3.8) is 0 Å². The Hall–Kier alpha value is -1.32. The summed E-state index contributed by atoms with van der Waals surface area (Å²) < 4.78 is 0. The molecule has 0 aliphatic heterocycles. The number of aromatic nitrogens is 2. The largest absolute Gasteiger partial charge is 0.370 e. The molecule has 0 aliphatic carbocycles. The Kier molecular flexibility index (Phi) is 6.37. The number of nitrogens with one attached hydrogen (secondary N) is 2. The summed E-state index contributed by atoms with van der Waals surface area (Å²) in [7, 11) is 0.